The molecule has 0 amide bonds. The van der Waals surface area contributed by atoms with E-state index in [0.29, 0.717) is 6.61 Å². The molecular weight excluding hydrogens is 406 g/mol. The van der Waals surface area contributed by atoms with Crippen LogP contribution in [0.4, 0.5) is 0 Å². The molecule has 1 saturated heterocycles. The Morgan fingerprint density at radius 1 is 0.968 bits per heavy atom. The number of aromatic nitrogens is 2. The number of hydrogen-bond donors (Lipinski definition) is 0. The molecule has 0 N–H and O–H groups in total. The lowest BCUT2D eigenvalue weighted by Crippen LogP contribution is -2.26. The van der Waals surface area contributed by atoms with Crippen molar-refractivity contribution in [3.05, 3.63) is 58.9 Å². The number of aryl methyl sites for hydroxylation is 3. The van der Waals surface area contributed by atoms with E-state index in [1.807, 2.05) is 25.1 Å². The van der Waals surface area contributed by atoms with Gasteiger partial charge in [-0.2, -0.15) is 0 Å². The van der Waals surface area contributed by atoms with Gasteiger partial charge in [0.2, 0.25) is 0 Å². The van der Waals surface area contributed by atoms with Crippen LogP contribution in [0.1, 0.15) is 49.9 Å². The van der Waals surface area contributed by atoms with Gasteiger partial charge in [0.05, 0.1) is 17.6 Å². The molecule has 0 aliphatic carbocycles. The van der Waals surface area contributed by atoms with Crippen LogP contribution >= 0.6 is 11.6 Å². The van der Waals surface area contributed by atoms with Gasteiger partial charge in [-0.05, 0) is 88.1 Å². The van der Waals surface area contributed by atoms with Gasteiger partial charge in [-0.1, -0.05) is 36.6 Å². The fourth-order valence-corrected chi connectivity index (χ4v) is 4.62. The summed E-state index contributed by atoms with van der Waals surface area (Å²) in [4.78, 5) is 7.60. The molecule has 1 aliphatic rings. The topological polar surface area (TPSA) is 30.3 Å². The number of nitrogens with zero attached hydrogens (tertiary/aromatic N) is 3. The molecule has 2 heterocycles. The molecule has 0 atom stereocenters. The van der Waals surface area contributed by atoms with Gasteiger partial charge >= 0.3 is 0 Å². The van der Waals surface area contributed by atoms with Crippen molar-refractivity contribution in [2.45, 2.75) is 58.4 Å². The number of rotatable bonds is 9. The molecule has 0 saturated carbocycles. The number of para-hydroxylation sites is 2. The SMILES string of the molecule is Cc1cc(OCCCn2c(CCCN3CCCCCC3)nc3ccccc32)ccc1Cl. The molecule has 0 unspecified atom stereocenters. The second kappa shape index (κ2) is 11.0. The fourth-order valence-electron chi connectivity index (χ4n) is 4.51. The third kappa shape index (κ3) is 6.02. The van der Waals surface area contributed by atoms with Crippen LogP contribution in [0.3, 0.4) is 0 Å². The van der Waals surface area contributed by atoms with Crippen molar-refractivity contribution in [3.63, 3.8) is 0 Å². The molecule has 3 aromatic rings. The monoisotopic (exact) mass is 439 g/mol. The average Bonchev–Trinajstić information content (AvgIpc) is 2.93. The molecular formula is C26H34ClN3O. The van der Waals surface area contributed by atoms with Gasteiger partial charge in [-0.15, -0.1) is 0 Å². The van der Waals surface area contributed by atoms with E-state index >= 15 is 0 Å². The van der Waals surface area contributed by atoms with Crippen LogP contribution in [0.25, 0.3) is 11.0 Å². The zero-order chi connectivity index (χ0) is 21.5. The molecule has 2 aromatic carbocycles. The summed E-state index contributed by atoms with van der Waals surface area (Å²) < 4.78 is 8.36. The number of benzene rings is 2. The van der Waals surface area contributed by atoms with Gasteiger partial charge in [0, 0.05) is 18.0 Å². The Morgan fingerprint density at radius 3 is 2.58 bits per heavy atom. The van der Waals surface area contributed by atoms with Crippen LogP contribution in [0, 0.1) is 6.92 Å². The van der Waals surface area contributed by atoms with Gasteiger partial charge in [-0.3, -0.25) is 0 Å². The Balaban J connectivity index is 1.34. The Hall–Kier alpha value is -2.04. The fraction of sp³-hybridized carbons (Fsp3) is 0.500. The van der Waals surface area contributed by atoms with Crippen LogP contribution in [-0.4, -0.2) is 40.7 Å². The van der Waals surface area contributed by atoms with Crippen LogP contribution in [0.2, 0.25) is 5.02 Å². The lowest BCUT2D eigenvalue weighted by Gasteiger charge is -2.19. The minimum Gasteiger partial charge on any atom is -0.494 e. The smallest absolute Gasteiger partial charge is 0.119 e. The lowest BCUT2D eigenvalue weighted by molar-refractivity contribution is 0.280. The number of ether oxygens (including phenoxy) is 1. The predicted octanol–water partition coefficient (Wildman–Crippen LogP) is 6.28. The average molecular weight is 440 g/mol. The Kier molecular flexibility index (Phi) is 7.87. The summed E-state index contributed by atoms with van der Waals surface area (Å²) in [5.41, 5.74) is 3.38. The van der Waals surface area contributed by atoms with Crippen LogP contribution in [0.15, 0.2) is 42.5 Å². The number of likely N-dealkylation sites (tertiary alicyclic amines) is 1. The maximum atomic E-state index is 6.11. The van der Waals surface area contributed by atoms with Crippen molar-refractivity contribution >= 4 is 22.6 Å². The number of halogens is 1. The van der Waals surface area contributed by atoms with Gasteiger partial charge in [0.15, 0.2) is 0 Å². The van der Waals surface area contributed by atoms with Crippen molar-refractivity contribution in [2.24, 2.45) is 0 Å². The molecule has 166 valence electrons. The summed E-state index contributed by atoms with van der Waals surface area (Å²) in [6.07, 6.45) is 8.64. The van der Waals surface area contributed by atoms with Gasteiger partial charge in [0.1, 0.15) is 11.6 Å². The summed E-state index contributed by atoms with van der Waals surface area (Å²) in [5.74, 6) is 2.09. The summed E-state index contributed by atoms with van der Waals surface area (Å²) in [6.45, 7) is 7.32. The maximum absolute atomic E-state index is 6.11. The first-order valence-corrected chi connectivity index (χ1v) is 12.1. The molecule has 5 heteroatoms. The Labute approximate surface area is 191 Å². The lowest BCUT2D eigenvalue weighted by atomic mass is 10.2. The molecule has 1 aromatic heterocycles. The van der Waals surface area contributed by atoms with E-state index in [1.54, 1.807) is 0 Å². The van der Waals surface area contributed by atoms with E-state index in [0.717, 1.165) is 41.2 Å². The Bertz CT molecular complexity index is 976. The van der Waals surface area contributed by atoms with Crippen molar-refractivity contribution in [1.29, 1.82) is 0 Å². The zero-order valence-corrected chi connectivity index (χ0v) is 19.4. The number of fused-ring (bicyclic) bond motifs is 1. The van der Waals surface area contributed by atoms with Gasteiger partial charge in [-0.25, -0.2) is 4.98 Å². The normalized spacial score (nSPS) is 15.3. The van der Waals surface area contributed by atoms with E-state index in [4.69, 9.17) is 21.3 Å². The highest BCUT2D eigenvalue weighted by Gasteiger charge is 2.12. The number of imidazole rings is 1. The minimum absolute atomic E-state index is 0.681. The minimum atomic E-state index is 0.681. The molecule has 0 bridgehead atoms. The van der Waals surface area contributed by atoms with Crippen molar-refractivity contribution in [1.82, 2.24) is 14.5 Å². The standard InChI is InChI=1S/C26H34ClN3O/c1-21-20-22(13-14-23(21)27)31-19-9-18-30-25-11-5-4-10-24(25)28-26(30)12-8-17-29-15-6-2-3-7-16-29/h4-5,10-11,13-14,20H,2-3,6-9,12,15-19H2,1H3. The first-order valence-electron chi connectivity index (χ1n) is 11.8. The molecule has 1 fully saturated rings. The molecule has 0 spiro atoms. The third-order valence-corrected chi connectivity index (χ3v) is 6.66. The Morgan fingerprint density at radius 2 is 1.77 bits per heavy atom. The largest absolute Gasteiger partial charge is 0.494 e. The van der Waals surface area contributed by atoms with E-state index in [-0.39, 0.29) is 0 Å². The first kappa shape index (κ1) is 22.2. The highest BCUT2D eigenvalue weighted by molar-refractivity contribution is 6.31. The molecule has 4 rings (SSSR count). The van der Waals surface area contributed by atoms with Gasteiger partial charge in [0.25, 0.3) is 0 Å². The predicted molar refractivity (Wildman–Crippen MR) is 129 cm³/mol. The van der Waals surface area contributed by atoms with Crippen LogP contribution in [0.5, 0.6) is 5.75 Å². The number of hydrogen-bond acceptors (Lipinski definition) is 3. The van der Waals surface area contributed by atoms with Crippen molar-refractivity contribution in [2.75, 3.05) is 26.2 Å². The van der Waals surface area contributed by atoms with Gasteiger partial charge < -0.3 is 14.2 Å². The van der Waals surface area contributed by atoms with Crippen molar-refractivity contribution in [3.8, 4) is 5.75 Å². The quantitative estimate of drug-likeness (QED) is 0.368. The van der Waals surface area contributed by atoms with Crippen LogP contribution in [-0.2, 0) is 13.0 Å². The van der Waals surface area contributed by atoms with Crippen molar-refractivity contribution < 1.29 is 4.74 Å². The summed E-state index contributed by atoms with van der Waals surface area (Å²) >= 11 is 6.11. The summed E-state index contributed by atoms with van der Waals surface area (Å²) in [5, 5.41) is 0.780. The first-order chi connectivity index (χ1) is 15.2. The zero-order valence-electron chi connectivity index (χ0n) is 18.7. The third-order valence-electron chi connectivity index (χ3n) is 6.23. The van der Waals surface area contributed by atoms with E-state index in [1.165, 1.54) is 63.1 Å². The summed E-state index contributed by atoms with van der Waals surface area (Å²) in [6, 6.07) is 14.3. The second-order valence-electron chi connectivity index (χ2n) is 8.64. The second-order valence-corrected chi connectivity index (χ2v) is 9.05. The molecule has 1 aliphatic heterocycles. The summed E-state index contributed by atoms with van der Waals surface area (Å²) in [7, 11) is 0. The molecule has 31 heavy (non-hydrogen) atoms. The van der Waals surface area contributed by atoms with E-state index in [2.05, 4.69) is 33.7 Å². The van der Waals surface area contributed by atoms with E-state index < -0.39 is 0 Å². The highest BCUT2D eigenvalue weighted by Crippen LogP contribution is 2.22. The maximum Gasteiger partial charge on any atom is 0.119 e. The van der Waals surface area contributed by atoms with Crippen LogP contribution < -0.4 is 4.74 Å². The molecule has 0 radical (unpaired) electrons. The molecule has 4 nitrogen and oxygen atoms in total. The highest BCUT2D eigenvalue weighted by atomic mass is 35.5. The van der Waals surface area contributed by atoms with E-state index in [9.17, 15) is 0 Å².